The lowest BCUT2D eigenvalue weighted by Crippen LogP contribution is -2.24. The van der Waals surface area contributed by atoms with Gasteiger partial charge in [-0.2, -0.15) is 5.10 Å². The van der Waals surface area contributed by atoms with E-state index in [0.717, 1.165) is 6.42 Å². The van der Waals surface area contributed by atoms with Crippen LogP contribution in [-0.4, -0.2) is 36.1 Å². The van der Waals surface area contributed by atoms with Crippen LogP contribution in [0.25, 0.3) is 0 Å². The van der Waals surface area contributed by atoms with Crippen molar-refractivity contribution in [2.24, 2.45) is 5.73 Å². The Morgan fingerprint density at radius 2 is 2.29 bits per heavy atom. The largest absolute Gasteiger partial charge is 0.492 e. The van der Waals surface area contributed by atoms with E-state index in [1.54, 1.807) is 0 Å². The quantitative estimate of drug-likeness (QED) is 0.648. The summed E-state index contributed by atoms with van der Waals surface area (Å²) in [6, 6.07) is 1.43. The van der Waals surface area contributed by atoms with Crippen LogP contribution < -0.4 is 16.0 Å². The maximum Gasteiger partial charge on any atom is 0.270 e. The second-order valence-corrected chi connectivity index (χ2v) is 3.44. The first-order valence-corrected chi connectivity index (χ1v) is 5.75. The first-order chi connectivity index (χ1) is 8.27. The molecule has 6 nitrogen and oxygen atoms in total. The van der Waals surface area contributed by atoms with E-state index in [4.69, 9.17) is 15.2 Å². The third-order valence-electron chi connectivity index (χ3n) is 2.11. The molecule has 6 heteroatoms. The third-order valence-corrected chi connectivity index (χ3v) is 2.11. The van der Waals surface area contributed by atoms with Gasteiger partial charge in [0, 0.05) is 12.7 Å². The summed E-state index contributed by atoms with van der Waals surface area (Å²) in [6.07, 6.45) is 2.29. The van der Waals surface area contributed by atoms with Crippen molar-refractivity contribution in [3.05, 3.63) is 22.6 Å². The van der Waals surface area contributed by atoms with Gasteiger partial charge < -0.3 is 15.2 Å². The molecule has 0 saturated heterocycles. The summed E-state index contributed by atoms with van der Waals surface area (Å²) in [5, 5.41) is 4.00. The highest BCUT2D eigenvalue weighted by Gasteiger charge is 2.00. The molecule has 0 aromatic carbocycles. The molecule has 0 radical (unpaired) electrons. The number of nitrogens with zero attached hydrogens (tertiary/aromatic N) is 2. The molecule has 1 rings (SSSR count). The molecule has 1 aromatic heterocycles. The number of aromatic nitrogens is 2. The number of hydrogen-bond donors (Lipinski definition) is 1. The first kappa shape index (κ1) is 13.7. The third kappa shape index (κ3) is 4.97. The maximum atomic E-state index is 11.6. The van der Waals surface area contributed by atoms with Crippen LogP contribution >= 0.6 is 0 Å². The molecule has 0 atom stereocenters. The van der Waals surface area contributed by atoms with Crippen molar-refractivity contribution in [3.8, 4) is 5.75 Å². The molecule has 0 unspecified atom stereocenters. The summed E-state index contributed by atoms with van der Waals surface area (Å²) >= 11 is 0. The van der Waals surface area contributed by atoms with Crippen LogP contribution in [0, 0.1) is 0 Å². The number of rotatable bonds is 8. The molecule has 96 valence electrons. The van der Waals surface area contributed by atoms with Gasteiger partial charge in [0.25, 0.3) is 5.56 Å². The molecule has 0 saturated carbocycles. The van der Waals surface area contributed by atoms with E-state index in [1.807, 2.05) is 6.92 Å². The molecule has 17 heavy (non-hydrogen) atoms. The van der Waals surface area contributed by atoms with Crippen LogP contribution in [0.5, 0.6) is 5.75 Å². The van der Waals surface area contributed by atoms with Gasteiger partial charge >= 0.3 is 0 Å². The lowest BCUT2D eigenvalue weighted by Gasteiger charge is -2.07. The van der Waals surface area contributed by atoms with Gasteiger partial charge in [0.15, 0.2) is 0 Å². The van der Waals surface area contributed by atoms with Crippen molar-refractivity contribution in [1.82, 2.24) is 9.78 Å². The van der Waals surface area contributed by atoms with E-state index in [2.05, 4.69) is 5.10 Å². The number of ether oxygens (including phenoxy) is 2. The number of hydrogen-bond acceptors (Lipinski definition) is 5. The fourth-order valence-corrected chi connectivity index (χ4v) is 1.23. The van der Waals surface area contributed by atoms with E-state index in [1.165, 1.54) is 16.9 Å². The molecule has 0 aliphatic rings. The highest BCUT2D eigenvalue weighted by molar-refractivity contribution is 5.13. The topological polar surface area (TPSA) is 79.4 Å². The molecule has 0 bridgehead atoms. The minimum absolute atomic E-state index is 0.185. The molecule has 0 amide bonds. The average molecular weight is 241 g/mol. The lowest BCUT2D eigenvalue weighted by atomic mass is 10.4. The van der Waals surface area contributed by atoms with E-state index < -0.39 is 0 Å². The molecule has 0 spiro atoms. The van der Waals surface area contributed by atoms with E-state index in [0.29, 0.717) is 38.7 Å². The Kier molecular flexibility index (Phi) is 6.27. The van der Waals surface area contributed by atoms with Crippen molar-refractivity contribution in [1.29, 1.82) is 0 Å². The van der Waals surface area contributed by atoms with Crippen LogP contribution in [0.4, 0.5) is 0 Å². The predicted molar refractivity (Wildman–Crippen MR) is 64.2 cm³/mol. The summed E-state index contributed by atoms with van der Waals surface area (Å²) in [6.45, 7) is 4.55. The van der Waals surface area contributed by atoms with E-state index >= 15 is 0 Å². The van der Waals surface area contributed by atoms with Crippen molar-refractivity contribution < 1.29 is 9.47 Å². The minimum Gasteiger partial charge on any atom is -0.492 e. The molecule has 0 aliphatic carbocycles. The molecule has 1 aromatic rings. The fourth-order valence-electron chi connectivity index (χ4n) is 1.23. The number of nitrogens with two attached hydrogens (primary N) is 1. The zero-order valence-corrected chi connectivity index (χ0v) is 10.1. The van der Waals surface area contributed by atoms with Crippen LogP contribution in [-0.2, 0) is 11.3 Å². The first-order valence-electron chi connectivity index (χ1n) is 5.75. The zero-order valence-electron chi connectivity index (χ0n) is 10.1. The smallest absolute Gasteiger partial charge is 0.270 e. The monoisotopic (exact) mass is 241 g/mol. The molecular formula is C11H19N3O3. The lowest BCUT2D eigenvalue weighted by molar-refractivity contribution is 0.135. The van der Waals surface area contributed by atoms with Gasteiger partial charge in [0.05, 0.1) is 26.0 Å². The molecule has 0 fully saturated rings. The van der Waals surface area contributed by atoms with E-state index in [-0.39, 0.29) is 5.56 Å². The highest BCUT2D eigenvalue weighted by Crippen LogP contribution is 2.03. The summed E-state index contributed by atoms with van der Waals surface area (Å²) < 4.78 is 11.8. The van der Waals surface area contributed by atoms with Crippen molar-refractivity contribution in [2.75, 3.05) is 26.4 Å². The second-order valence-electron chi connectivity index (χ2n) is 3.44. The van der Waals surface area contributed by atoms with Crippen LogP contribution in [0.1, 0.15) is 13.3 Å². The van der Waals surface area contributed by atoms with Gasteiger partial charge in [0.1, 0.15) is 5.75 Å². The van der Waals surface area contributed by atoms with Crippen molar-refractivity contribution in [2.45, 2.75) is 19.9 Å². The Bertz CT molecular complexity index is 378. The summed E-state index contributed by atoms with van der Waals surface area (Å²) in [5.41, 5.74) is 5.15. The van der Waals surface area contributed by atoms with Crippen LogP contribution in [0.3, 0.4) is 0 Å². The Morgan fingerprint density at radius 1 is 1.47 bits per heavy atom. The van der Waals surface area contributed by atoms with E-state index in [9.17, 15) is 4.79 Å². The Labute approximate surface area is 100 Å². The summed E-state index contributed by atoms with van der Waals surface area (Å²) in [4.78, 5) is 11.6. The molecule has 2 N–H and O–H groups in total. The Morgan fingerprint density at radius 3 is 2.94 bits per heavy atom. The second kappa shape index (κ2) is 7.81. The molecule has 0 aliphatic heterocycles. The summed E-state index contributed by atoms with van der Waals surface area (Å²) in [7, 11) is 0. The molecular weight excluding hydrogens is 222 g/mol. The fraction of sp³-hybridized carbons (Fsp3) is 0.636. The maximum absolute atomic E-state index is 11.6. The SMILES string of the molecule is CCOCCn1ncc(OCCCN)cc1=O. The van der Waals surface area contributed by atoms with Crippen LogP contribution in [0.15, 0.2) is 17.1 Å². The van der Waals surface area contributed by atoms with Crippen LogP contribution in [0.2, 0.25) is 0 Å². The van der Waals surface area contributed by atoms with Crippen molar-refractivity contribution >= 4 is 0 Å². The van der Waals surface area contributed by atoms with Gasteiger partial charge in [-0.3, -0.25) is 4.79 Å². The highest BCUT2D eigenvalue weighted by atomic mass is 16.5. The summed E-state index contributed by atoms with van der Waals surface area (Å²) in [5.74, 6) is 0.483. The van der Waals surface area contributed by atoms with Gasteiger partial charge in [-0.15, -0.1) is 0 Å². The van der Waals surface area contributed by atoms with Gasteiger partial charge in [-0.1, -0.05) is 0 Å². The zero-order chi connectivity index (χ0) is 12.5. The normalized spacial score (nSPS) is 10.5. The van der Waals surface area contributed by atoms with Crippen molar-refractivity contribution in [3.63, 3.8) is 0 Å². The minimum atomic E-state index is -0.185. The average Bonchev–Trinajstić information content (AvgIpc) is 2.32. The van der Waals surface area contributed by atoms with Gasteiger partial charge in [-0.25, -0.2) is 4.68 Å². The Hall–Kier alpha value is -1.40. The molecule has 1 heterocycles. The van der Waals surface area contributed by atoms with Gasteiger partial charge in [0.2, 0.25) is 0 Å². The Balaban J connectivity index is 2.50. The predicted octanol–water partition coefficient (Wildman–Crippen LogP) is 0.00740. The standard InChI is InChI=1S/C11H19N3O3/c1-2-16-7-5-14-11(15)8-10(9-13-14)17-6-3-4-12/h8-9H,2-7,12H2,1H3. The van der Waals surface area contributed by atoms with Gasteiger partial charge in [-0.05, 0) is 19.9 Å².